The zero-order chi connectivity index (χ0) is 14.1. The van der Waals surface area contributed by atoms with Gasteiger partial charge in [0.15, 0.2) is 0 Å². The number of fused-ring (bicyclic) bond motifs is 2. The molecule has 4 unspecified atom stereocenters. The van der Waals surface area contributed by atoms with Crippen LogP contribution in [0.15, 0.2) is 18.2 Å². The van der Waals surface area contributed by atoms with Crippen molar-refractivity contribution in [2.45, 2.75) is 38.6 Å². The first-order valence-electron chi connectivity index (χ1n) is 7.79. The highest BCUT2D eigenvalue weighted by atomic mass is 19.1. The predicted molar refractivity (Wildman–Crippen MR) is 78.3 cm³/mol. The van der Waals surface area contributed by atoms with E-state index in [1.165, 1.54) is 31.7 Å². The van der Waals surface area contributed by atoms with E-state index in [2.05, 4.69) is 12.2 Å². The first-order chi connectivity index (χ1) is 9.72. The Labute approximate surface area is 120 Å². The fraction of sp³-hybridized carbons (Fsp3) is 0.647. The molecule has 2 nitrogen and oxygen atoms in total. The zero-order valence-corrected chi connectivity index (χ0v) is 12.4. The molecule has 3 rings (SSSR count). The normalized spacial score (nSPS) is 29.6. The third-order valence-corrected chi connectivity index (χ3v) is 5.17. The molecule has 2 aliphatic carbocycles. The average molecular weight is 277 g/mol. The molecule has 0 aromatic heterocycles. The third kappa shape index (κ3) is 2.44. The van der Waals surface area contributed by atoms with Gasteiger partial charge in [0.1, 0.15) is 11.6 Å². The van der Waals surface area contributed by atoms with Crippen LogP contribution in [0.2, 0.25) is 0 Å². The van der Waals surface area contributed by atoms with Crippen molar-refractivity contribution in [2.75, 3.05) is 13.7 Å². The highest BCUT2D eigenvalue weighted by Gasteiger charge is 2.43. The molecule has 0 saturated heterocycles. The molecule has 0 radical (unpaired) electrons. The number of methoxy groups -OCH3 is 1. The van der Waals surface area contributed by atoms with E-state index in [9.17, 15) is 4.39 Å². The van der Waals surface area contributed by atoms with E-state index in [4.69, 9.17) is 4.74 Å². The molecule has 3 heteroatoms. The summed E-state index contributed by atoms with van der Waals surface area (Å²) in [5.74, 6) is 2.96. The molecular weight excluding hydrogens is 253 g/mol. The Bertz CT molecular complexity index is 476. The van der Waals surface area contributed by atoms with Crippen LogP contribution in [0.1, 0.15) is 44.2 Å². The van der Waals surface area contributed by atoms with Crippen LogP contribution in [0, 0.1) is 23.6 Å². The largest absolute Gasteiger partial charge is 0.496 e. The maximum Gasteiger partial charge on any atom is 0.123 e. The van der Waals surface area contributed by atoms with Crippen LogP contribution < -0.4 is 10.1 Å². The predicted octanol–water partition coefficient (Wildman–Crippen LogP) is 3.92. The van der Waals surface area contributed by atoms with Crippen molar-refractivity contribution in [1.82, 2.24) is 5.32 Å². The monoisotopic (exact) mass is 277 g/mol. The lowest BCUT2D eigenvalue weighted by Crippen LogP contribution is -2.31. The van der Waals surface area contributed by atoms with Gasteiger partial charge in [-0.25, -0.2) is 4.39 Å². The van der Waals surface area contributed by atoms with Crippen LogP contribution in [0.4, 0.5) is 4.39 Å². The van der Waals surface area contributed by atoms with Crippen molar-refractivity contribution >= 4 is 0 Å². The number of benzene rings is 1. The first kappa shape index (κ1) is 13.9. The van der Waals surface area contributed by atoms with Crippen LogP contribution in [0.5, 0.6) is 5.75 Å². The Kier molecular flexibility index (Phi) is 3.97. The summed E-state index contributed by atoms with van der Waals surface area (Å²) in [5, 5.41) is 3.58. The van der Waals surface area contributed by atoms with Gasteiger partial charge in [-0.1, -0.05) is 13.3 Å². The molecule has 2 bridgehead atoms. The molecule has 2 saturated carbocycles. The van der Waals surface area contributed by atoms with Gasteiger partial charge >= 0.3 is 0 Å². The molecule has 20 heavy (non-hydrogen) atoms. The molecular formula is C17H24FNO. The summed E-state index contributed by atoms with van der Waals surface area (Å²) in [5.41, 5.74) is 0.993. The van der Waals surface area contributed by atoms with E-state index >= 15 is 0 Å². The lowest BCUT2D eigenvalue weighted by molar-refractivity contribution is 0.247. The van der Waals surface area contributed by atoms with Gasteiger partial charge in [-0.15, -0.1) is 0 Å². The van der Waals surface area contributed by atoms with Gasteiger partial charge in [0.25, 0.3) is 0 Å². The van der Waals surface area contributed by atoms with Gasteiger partial charge in [0.05, 0.1) is 7.11 Å². The van der Waals surface area contributed by atoms with Crippen molar-refractivity contribution in [1.29, 1.82) is 0 Å². The maximum absolute atomic E-state index is 13.7. The Hall–Kier alpha value is -1.09. The zero-order valence-electron chi connectivity index (χ0n) is 12.4. The minimum atomic E-state index is -0.174. The molecule has 2 fully saturated rings. The van der Waals surface area contributed by atoms with E-state index in [1.807, 2.05) is 0 Å². The van der Waals surface area contributed by atoms with Crippen molar-refractivity contribution < 1.29 is 9.13 Å². The topological polar surface area (TPSA) is 21.3 Å². The number of nitrogens with one attached hydrogen (secondary N) is 1. The molecule has 0 amide bonds. The Morgan fingerprint density at radius 1 is 1.35 bits per heavy atom. The summed E-state index contributed by atoms with van der Waals surface area (Å²) in [7, 11) is 1.67. The molecule has 1 aromatic rings. The summed E-state index contributed by atoms with van der Waals surface area (Å²) < 4.78 is 19.1. The third-order valence-electron chi connectivity index (χ3n) is 5.17. The van der Waals surface area contributed by atoms with E-state index < -0.39 is 0 Å². The summed E-state index contributed by atoms with van der Waals surface area (Å²) in [4.78, 5) is 0. The lowest BCUT2D eigenvalue weighted by Gasteiger charge is -2.32. The van der Waals surface area contributed by atoms with Gasteiger partial charge in [-0.05, 0) is 61.8 Å². The fourth-order valence-corrected chi connectivity index (χ4v) is 4.36. The first-order valence-corrected chi connectivity index (χ1v) is 7.79. The molecule has 2 aliphatic rings. The van der Waals surface area contributed by atoms with Gasteiger partial charge in [0.2, 0.25) is 0 Å². The maximum atomic E-state index is 13.7. The molecule has 1 aromatic carbocycles. The summed E-state index contributed by atoms with van der Waals surface area (Å²) in [6.45, 7) is 3.02. The lowest BCUT2D eigenvalue weighted by atomic mass is 9.80. The van der Waals surface area contributed by atoms with Gasteiger partial charge in [0, 0.05) is 11.6 Å². The molecule has 110 valence electrons. The number of ether oxygens (including phenoxy) is 1. The number of halogens is 1. The minimum Gasteiger partial charge on any atom is -0.496 e. The van der Waals surface area contributed by atoms with Crippen molar-refractivity contribution in [3.05, 3.63) is 29.6 Å². The van der Waals surface area contributed by atoms with Crippen LogP contribution in [0.3, 0.4) is 0 Å². The van der Waals surface area contributed by atoms with Crippen molar-refractivity contribution in [2.24, 2.45) is 17.8 Å². The summed E-state index contributed by atoms with van der Waals surface area (Å²) in [6.07, 6.45) is 5.38. The number of rotatable bonds is 5. The van der Waals surface area contributed by atoms with Crippen LogP contribution in [-0.4, -0.2) is 13.7 Å². The second-order valence-electron chi connectivity index (χ2n) is 6.26. The Balaban J connectivity index is 1.92. The van der Waals surface area contributed by atoms with Gasteiger partial charge in [-0.2, -0.15) is 0 Å². The second kappa shape index (κ2) is 5.72. The Morgan fingerprint density at radius 2 is 2.20 bits per heavy atom. The van der Waals surface area contributed by atoms with E-state index in [-0.39, 0.29) is 11.9 Å². The van der Waals surface area contributed by atoms with E-state index in [0.29, 0.717) is 5.92 Å². The standard InChI is InChI=1S/C17H24FNO/c1-3-19-17(14-9-11-4-5-12(14)8-11)15-10-13(18)6-7-16(15)20-2/h6-7,10-12,14,17,19H,3-5,8-9H2,1-2H3. The highest BCUT2D eigenvalue weighted by Crippen LogP contribution is 2.53. The van der Waals surface area contributed by atoms with Crippen LogP contribution >= 0.6 is 0 Å². The van der Waals surface area contributed by atoms with Crippen LogP contribution in [-0.2, 0) is 0 Å². The molecule has 4 atom stereocenters. The van der Waals surface area contributed by atoms with Gasteiger partial charge in [-0.3, -0.25) is 0 Å². The molecule has 0 heterocycles. The average Bonchev–Trinajstić information content (AvgIpc) is 3.07. The molecule has 0 spiro atoms. The smallest absolute Gasteiger partial charge is 0.123 e. The number of hydrogen-bond acceptors (Lipinski definition) is 2. The van der Waals surface area contributed by atoms with Crippen molar-refractivity contribution in [3.63, 3.8) is 0 Å². The van der Waals surface area contributed by atoms with Gasteiger partial charge < -0.3 is 10.1 Å². The summed E-state index contributed by atoms with van der Waals surface area (Å²) in [6, 6.07) is 5.10. The minimum absolute atomic E-state index is 0.174. The van der Waals surface area contributed by atoms with Crippen LogP contribution in [0.25, 0.3) is 0 Å². The molecule has 1 N–H and O–H groups in total. The van der Waals surface area contributed by atoms with E-state index in [0.717, 1.165) is 29.7 Å². The number of hydrogen-bond donors (Lipinski definition) is 1. The molecule has 0 aliphatic heterocycles. The SMILES string of the molecule is CCNC(c1cc(F)ccc1OC)C1CC2CCC1C2. The Morgan fingerprint density at radius 3 is 2.80 bits per heavy atom. The van der Waals surface area contributed by atoms with E-state index in [1.54, 1.807) is 19.2 Å². The quantitative estimate of drug-likeness (QED) is 0.880. The second-order valence-corrected chi connectivity index (χ2v) is 6.26. The highest BCUT2D eigenvalue weighted by molar-refractivity contribution is 5.37. The van der Waals surface area contributed by atoms with Crippen molar-refractivity contribution in [3.8, 4) is 5.75 Å². The fourth-order valence-electron chi connectivity index (χ4n) is 4.36. The summed E-state index contributed by atoms with van der Waals surface area (Å²) >= 11 is 0.